The number of ether oxygens (including phenoxy) is 1. The van der Waals surface area contributed by atoms with Gasteiger partial charge in [-0.1, -0.05) is 18.2 Å². The average Bonchev–Trinajstić information content (AvgIpc) is 2.40. The molecule has 1 heterocycles. The average molecular weight is 240 g/mol. The fourth-order valence-electron chi connectivity index (χ4n) is 2.36. The van der Waals surface area contributed by atoms with Crippen LogP contribution in [0.25, 0.3) is 0 Å². The summed E-state index contributed by atoms with van der Waals surface area (Å²) >= 11 is 0. The third-order valence-electron chi connectivity index (χ3n) is 3.21. The van der Waals surface area contributed by atoms with Gasteiger partial charge in [-0.15, -0.1) is 0 Å². The standard InChI is InChI=1S/C15H16N2O/c1-11-16-14-10-6-5-9-13(14)15(17-11)18-12-7-3-2-4-8-12/h2-4,7-8H,5-6,9-10H2,1H3. The molecule has 0 aliphatic heterocycles. The second-order valence-corrected chi connectivity index (χ2v) is 4.62. The number of hydrogen-bond donors (Lipinski definition) is 0. The molecule has 1 aliphatic rings. The van der Waals surface area contributed by atoms with Crippen LogP contribution in [0.2, 0.25) is 0 Å². The summed E-state index contributed by atoms with van der Waals surface area (Å²) < 4.78 is 5.91. The monoisotopic (exact) mass is 240 g/mol. The van der Waals surface area contributed by atoms with Gasteiger partial charge in [0.2, 0.25) is 5.88 Å². The zero-order chi connectivity index (χ0) is 12.4. The Balaban J connectivity index is 1.98. The number of aryl methyl sites for hydroxylation is 2. The minimum absolute atomic E-state index is 0.739. The molecule has 0 fully saturated rings. The van der Waals surface area contributed by atoms with Crippen molar-refractivity contribution in [3.8, 4) is 11.6 Å². The van der Waals surface area contributed by atoms with E-state index in [1.165, 1.54) is 24.1 Å². The molecule has 0 saturated carbocycles. The van der Waals surface area contributed by atoms with Crippen LogP contribution in [0.1, 0.15) is 29.9 Å². The molecular weight excluding hydrogens is 224 g/mol. The Kier molecular flexibility index (Phi) is 2.97. The number of para-hydroxylation sites is 1. The maximum absolute atomic E-state index is 5.91. The van der Waals surface area contributed by atoms with E-state index in [9.17, 15) is 0 Å². The van der Waals surface area contributed by atoms with Gasteiger partial charge in [-0.05, 0) is 44.7 Å². The van der Waals surface area contributed by atoms with Crippen LogP contribution in [0.3, 0.4) is 0 Å². The third kappa shape index (κ3) is 2.21. The molecule has 92 valence electrons. The molecule has 0 N–H and O–H groups in total. The van der Waals surface area contributed by atoms with Crippen LogP contribution in [-0.4, -0.2) is 9.97 Å². The molecule has 1 aliphatic carbocycles. The molecule has 3 nitrogen and oxygen atoms in total. The SMILES string of the molecule is Cc1nc2c(c(Oc3ccccc3)n1)CCCC2. The van der Waals surface area contributed by atoms with Gasteiger partial charge in [0.05, 0.1) is 5.69 Å². The predicted molar refractivity (Wildman–Crippen MR) is 69.9 cm³/mol. The first-order valence-corrected chi connectivity index (χ1v) is 6.42. The molecule has 3 heteroatoms. The van der Waals surface area contributed by atoms with Gasteiger partial charge < -0.3 is 4.74 Å². The van der Waals surface area contributed by atoms with E-state index < -0.39 is 0 Å². The van der Waals surface area contributed by atoms with Crippen molar-refractivity contribution in [2.24, 2.45) is 0 Å². The summed E-state index contributed by atoms with van der Waals surface area (Å²) in [6.07, 6.45) is 4.49. The first kappa shape index (κ1) is 11.2. The number of nitrogens with zero attached hydrogens (tertiary/aromatic N) is 2. The Morgan fingerprint density at radius 2 is 1.78 bits per heavy atom. The largest absolute Gasteiger partial charge is 0.439 e. The highest BCUT2D eigenvalue weighted by molar-refractivity contribution is 5.36. The first-order chi connectivity index (χ1) is 8.83. The molecule has 18 heavy (non-hydrogen) atoms. The quantitative estimate of drug-likeness (QED) is 0.806. The second kappa shape index (κ2) is 4.77. The van der Waals surface area contributed by atoms with Crippen molar-refractivity contribution in [3.63, 3.8) is 0 Å². The molecule has 1 aromatic heterocycles. The van der Waals surface area contributed by atoms with Gasteiger partial charge in [0.25, 0.3) is 0 Å². The van der Waals surface area contributed by atoms with E-state index >= 15 is 0 Å². The number of rotatable bonds is 2. The van der Waals surface area contributed by atoms with Crippen molar-refractivity contribution in [1.82, 2.24) is 9.97 Å². The lowest BCUT2D eigenvalue weighted by Gasteiger charge is -2.18. The van der Waals surface area contributed by atoms with Crippen molar-refractivity contribution < 1.29 is 4.74 Å². The molecule has 0 unspecified atom stereocenters. The van der Waals surface area contributed by atoms with Crippen LogP contribution in [0, 0.1) is 6.92 Å². The zero-order valence-corrected chi connectivity index (χ0v) is 10.5. The predicted octanol–water partition coefficient (Wildman–Crippen LogP) is 3.46. The van der Waals surface area contributed by atoms with Gasteiger partial charge >= 0.3 is 0 Å². The summed E-state index contributed by atoms with van der Waals surface area (Å²) in [5.41, 5.74) is 2.36. The Hall–Kier alpha value is -1.90. The number of fused-ring (bicyclic) bond motifs is 1. The molecule has 0 radical (unpaired) electrons. The van der Waals surface area contributed by atoms with Crippen molar-refractivity contribution >= 4 is 0 Å². The van der Waals surface area contributed by atoms with Gasteiger partial charge in [0.15, 0.2) is 0 Å². The fourth-order valence-corrected chi connectivity index (χ4v) is 2.36. The maximum Gasteiger partial charge on any atom is 0.225 e. The van der Waals surface area contributed by atoms with E-state index in [-0.39, 0.29) is 0 Å². The molecule has 0 amide bonds. The van der Waals surface area contributed by atoms with Crippen molar-refractivity contribution in [1.29, 1.82) is 0 Å². The molecule has 2 aromatic rings. The highest BCUT2D eigenvalue weighted by Gasteiger charge is 2.18. The Labute approximate surface area is 107 Å². The Morgan fingerprint density at radius 3 is 2.61 bits per heavy atom. The minimum Gasteiger partial charge on any atom is -0.439 e. The van der Waals surface area contributed by atoms with Crippen molar-refractivity contribution in [2.75, 3.05) is 0 Å². The van der Waals surface area contributed by atoms with Crippen molar-refractivity contribution in [2.45, 2.75) is 32.6 Å². The number of benzene rings is 1. The normalized spacial score (nSPS) is 14.1. The molecule has 0 bridgehead atoms. The van der Waals surface area contributed by atoms with Gasteiger partial charge in [0, 0.05) is 5.56 Å². The smallest absolute Gasteiger partial charge is 0.225 e. The Morgan fingerprint density at radius 1 is 1.00 bits per heavy atom. The van der Waals surface area contributed by atoms with E-state index in [1.807, 2.05) is 37.3 Å². The lowest BCUT2D eigenvalue weighted by molar-refractivity contribution is 0.445. The lowest BCUT2D eigenvalue weighted by Crippen LogP contribution is -2.10. The topological polar surface area (TPSA) is 35.0 Å². The highest BCUT2D eigenvalue weighted by atomic mass is 16.5. The first-order valence-electron chi connectivity index (χ1n) is 6.42. The van der Waals surface area contributed by atoms with Gasteiger partial charge in [-0.3, -0.25) is 0 Å². The Bertz CT molecular complexity index is 552. The van der Waals surface area contributed by atoms with Crippen LogP contribution < -0.4 is 4.74 Å². The summed E-state index contributed by atoms with van der Waals surface area (Å²) in [4.78, 5) is 8.97. The lowest BCUT2D eigenvalue weighted by atomic mass is 9.97. The van der Waals surface area contributed by atoms with Crippen LogP contribution in [0.4, 0.5) is 0 Å². The van der Waals surface area contributed by atoms with Gasteiger partial charge in [0.1, 0.15) is 11.6 Å². The molecule has 1 aromatic carbocycles. The van der Waals surface area contributed by atoms with Gasteiger partial charge in [-0.25, -0.2) is 4.98 Å². The van der Waals surface area contributed by atoms with Crippen molar-refractivity contribution in [3.05, 3.63) is 47.4 Å². The summed E-state index contributed by atoms with van der Waals surface area (Å²) in [6.45, 7) is 1.92. The van der Waals surface area contributed by atoms with E-state index in [0.29, 0.717) is 0 Å². The molecule has 0 spiro atoms. The summed E-state index contributed by atoms with van der Waals surface area (Å²) in [7, 11) is 0. The highest BCUT2D eigenvalue weighted by Crippen LogP contribution is 2.30. The second-order valence-electron chi connectivity index (χ2n) is 4.62. The van der Waals surface area contributed by atoms with E-state index in [1.54, 1.807) is 0 Å². The number of aromatic nitrogens is 2. The number of hydrogen-bond acceptors (Lipinski definition) is 3. The molecule has 3 rings (SSSR count). The zero-order valence-electron chi connectivity index (χ0n) is 10.5. The van der Waals surface area contributed by atoms with Crippen LogP contribution in [-0.2, 0) is 12.8 Å². The van der Waals surface area contributed by atoms with Crippen LogP contribution >= 0.6 is 0 Å². The molecule has 0 saturated heterocycles. The summed E-state index contributed by atoms with van der Waals surface area (Å²) in [5, 5.41) is 0. The minimum atomic E-state index is 0.739. The molecular formula is C15H16N2O. The van der Waals surface area contributed by atoms with E-state index in [0.717, 1.165) is 30.3 Å². The maximum atomic E-state index is 5.91. The molecule has 0 atom stereocenters. The summed E-state index contributed by atoms with van der Waals surface area (Å²) in [5.74, 6) is 2.37. The third-order valence-corrected chi connectivity index (χ3v) is 3.21. The van der Waals surface area contributed by atoms with E-state index in [2.05, 4.69) is 9.97 Å². The van der Waals surface area contributed by atoms with Gasteiger partial charge in [-0.2, -0.15) is 4.98 Å². The van der Waals surface area contributed by atoms with Crippen LogP contribution in [0.5, 0.6) is 11.6 Å². The summed E-state index contributed by atoms with van der Waals surface area (Å²) in [6, 6.07) is 9.82. The van der Waals surface area contributed by atoms with E-state index in [4.69, 9.17) is 4.74 Å². The fraction of sp³-hybridized carbons (Fsp3) is 0.333. The van der Waals surface area contributed by atoms with Crippen LogP contribution in [0.15, 0.2) is 30.3 Å².